The van der Waals surface area contributed by atoms with Crippen LogP contribution in [0, 0.1) is 17.8 Å². The number of carbonyl (C=O) groups is 1. The summed E-state index contributed by atoms with van der Waals surface area (Å²) in [5.74, 6) is 2.74. The Morgan fingerprint density at radius 3 is 2.82 bits per heavy atom. The van der Waals surface area contributed by atoms with Crippen molar-refractivity contribution in [1.82, 2.24) is 19.7 Å². The molecular weight excluding hydrogens is 276 g/mol. The van der Waals surface area contributed by atoms with E-state index < -0.39 is 0 Å². The van der Waals surface area contributed by atoms with Crippen LogP contribution in [-0.2, 0) is 7.05 Å². The van der Waals surface area contributed by atoms with Crippen molar-refractivity contribution in [2.24, 2.45) is 24.8 Å². The van der Waals surface area contributed by atoms with Gasteiger partial charge in [0.15, 0.2) is 0 Å². The average Bonchev–Trinajstić information content (AvgIpc) is 3.27. The molecule has 1 fully saturated rings. The molecule has 22 heavy (non-hydrogen) atoms. The smallest absolute Gasteiger partial charge is 0.256 e. The summed E-state index contributed by atoms with van der Waals surface area (Å²) >= 11 is 0. The quantitative estimate of drug-likeness (QED) is 0.879. The Balaban J connectivity index is 1.48. The van der Waals surface area contributed by atoms with Crippen molar-refractivity contribution in [3.8, 4) is 5.82 Å². The minimum atomic E-state index is -0.0384. The first-order chi connectivity index (χ1) is 10.7. The summed E-state index contributed by atoms with van der Waals surface area (Å²) in [7, 11) is 1.85. The van der Waals surface area contributed by atoms with Crippen LogP contribution in [0.2, 0.25) is 0 Å². The Hall–Kier alpha value is -2.30. The van der Waals surface area contributed by atoms with Gasteiger partial charge in [0.1, 0.15) is 11.4 Å². The molecule has 5 heteroatoms. The maximum Gasteiger partial charge on any atom is 0.256 e. The van der Waals surface area contributed by atoms with Gasteiger partial charge in [0.2, 0.25) is 0 Å². The third-order valence-electron chi connectivity index (χ3n) is 4.94. The van der Waals surface area contributed by atoms with Gasteiger partial charge in [0.05, 0.1) is 6.20 Å². The Labute approximate surface area is 129 Å². The number of aromatic nitrogens is 3. The lowest BCUT2D eigenvalue weighted by molar-refractivity contribution is 0.0945. The summed E-state index contributed by atoms with van der Waals surface area (Å²) in [6, 6.07) is 3.88. The van der Waals surface area contributed by atoms with Gasteiger partial charge in [-0.15, -0.1) is 0 Å². The fraction of sp³-hybridized carbons (Fsp3) is 0.412. The SMILES string of the molecule is Cn1ncc(C(=O)NC[C@H]2C[C@@H]3C=C[C@H]2C3)c1-n1cccc1. The Kier molecular flexibility index (Phi) is 3.13. The highest BCUT2D eigenvalue weighted by Crippen LogP contribution is 2.42. The summed E-state index contributed by atoms with van der Waals surface area (Å²) in [6.07, 6.45) is 12.6. The number of carbonyl (C=O) groups excluding carboxylic acids is 1. The molecule has 3 atom stereocenters. The topological polar surface area (TPSA) is 51.9 Å². The second-order valence-electron chi connectivity index (χ2n) is 6.35. The second kappa shape index (κ2) is 5.16. The van der Waals surface area contributed by atoms with Crippen molar-refractivity contribution >= 4 is 5.91 Å². The van der Waals surface area contributed by atoms with E-state index in [2.05, 4.69) is 22.6 Å². The molecule has 114 valence electrons. The largest absolute Gasteiger partial charge is 0.352 e. The number of rotatable bonds is 4. The van der Waals surface area contributed by atoms with Crippen LogP contribution in [0.4, 0.5) is 0 Å². The number of hydrogen-bond acceptors (Lipinski definition) is 2. The second-order valence-corrected chi connectivity index (χ2v) is 6.35. The standard InChI is InChI=1S/C17H20N4O/c1-20-17(21-6-2-3-7-21)15(11-19-20)16(22)18-10-14-9-12-4-5-13(14)8-12/h2-7,11-14H,8-10H2,1H3,(H,18,22)/t12-,13+,14-/m1/s1. The van der Waals surface area contributed by atoms with E-state index in [-0.39, 0.29) is 5.91 Å². The highest BCUT2D eigenvalue weighted by molar-refractivity contribution is 5.97. The van der Waals surface area contributed by atoms with Gasteiger partial charge in [0.25, 0.3) is 5.91 Å². The molecule has 4 rings (SSSR count). The molecule has 2 heterocycles. The average molecular weight is 296 g/mol. The van der Waals surface area contributed by atoms with E-state index in [9.17, 15) is 4.79 Å². The first-order valence-corrected chi connectivity index (χ1v) is 7.84. The van der Waals surface area contributed by atoms with Crippen molar-refractivity contribution in [3.63, 3.8) is 0 Å². The fourth-order valence-electron chi connectivity index (χ4n) is 3.82. The molecule has 2 aliphatic rings. The van der Waals surface area contributed by atoms with Crippen LogP contribution >= 0.6 is 0 Å². The van der Waals surface area contributed by atoms with Crippen LogP contribution in [-0.4, -0.2) is 26.8 Å². The number of nitrogens with zero attached hydrogens (tertiary/aromatic N) is 3. The minimum Gasteiger partial charge on any atom is -0.352 e. The van der Waals surface area contributed by atoms with E-state index in [1.165, 1.54) is 12.8 Å². The number of aryl methyl sites for hydroxylation is 1. The molecule has 0 aliphatic heterocycles. The van der Waals surface area contributed by atoms with Crippen LogP contribution in [0.1, 0.15) is 23.2 Å². The summed E-state index contributed by atoms with van der Waals surface area (Å²) in [5.41, 5.74) is 0.623. The molecule has 1 saturated carbocycles. The molecule has 0 saturated heterocycles. The van der Waals surface area contributed by atoms with Gasteiger partial charge in [-0.05, 0) is 42.7 Å². The molecule has 2 aromatic rings. The molecule has 0 radical (unpaired) electrons. The van der Waals surface area contributed by atoms with Crippen molar-refractivity contribution < 1.29 is 4.79 Å². The van der Waals surface area contributed by atoms with Crippen LogP contribution in [0.15, 0.2) is 42.9 Å². The molecular formula is C17H20N4O. The normalized spacial score (nSPS) is 25.8. The lowest BCUT2D eigenvalue weighted by Crippen LogP contribution is -2.31. The molecule has 0 aromatic carbocycles. The summed E-state index contributed by atoms with van der Waals surface area (Å²) in [6.45, 7) is 0.754. The third-order valence-corrected chi connectivity index (χ3v) is 4.94. The van der Waals surface area contributed by atoms with E-state index >= 15 is 0 Å². The molecule has 1 amide bonds. The Bertz CT molecular complexity index is 713. The minimum absolute atomic E-state index is 0.0384. The van der Waals surface area contributed by atoms with E-state index in [0.717, 1.165) is 18.3 Å². The molecule has 0 unspecified atom stereocenters. The number of hydrogen-bond donors (Lipinski definition) is 1. The molecule has 5 nitrogen and oxygen atoms in total. The van der Waals surface area contributed by atoms with Gasteiger partial charge in [-0.2, -0.15) is 5.10 Å². The van der Waals surface area contributed by atoms with Gasteiger partial charge < -0.3 is 9.88 Å². The van der Waals surface area contributed by atoms with E-state index in [0.29, 0.717) is 17.4 Å². The van der Waals surface area contributed by atoms with E-state index in [1.54, 1.807) is 10.9 Å². The van der Waals surface area contributed by atoms with Gasteiger partial charge in [-0.1, -0.05) is 12.2 Å². The first-order valence-electron chi connectivity index (χ1n) is 7.84. The van der Waals surface area contributed by atoms with Crippen molar-refractivity contribution in [2.75, 3.05) is 6.54 Å². The first kappa shape index (κ1) is 13.4. The zero-order valence-corrected chi connectivity index (χ0v) is 12.6. The van der Waals surface area contributed by atoms with E-state index in [4.69, 9.17) is 0 Å². The summed E-state index contributed by atoms with van der Waals surface area (Å²) in [5, 5.41) is 7.34. The molecule has 0 spiro atoms. The Morgan fingerprint density at radius 1 is 1.32 bits per heavy atom. The monoisotopic (exact) mass is 296 g/mol. The maximum absolute atomic E-state index is 12.5. The van der Waals surface area contributed by atoms with Crippen LogP contribution in [0.25, 0.3) is 5.82 Å². The van der Waals surface area contributed by atoms with Gasteiger partial charge in [0, 0.05) is 26.0 Å². The summed E-state index contributed by atoms with van der Waals surface area (Å²) in [4.78, 5) is 12.5. The molecule has 2 aromatic heterocycles. The fourth-order valence-corrected chi connectivity index (χ4v) is 3.82. The maximum atomic E-state index is 12.5. The number of fused-ring (bicyclic) bond motifs is 2. The van der Waals surface area contributed by atoms with Gasteiger partial charge >= 0.3 is 0 Å². The lowest BCUT2D eigenvalue weighted by atomic mass is 9.93. The predicted octanol–water partition coefficient (Wildman–Crippen LogP) is 2.15. The number of amides is 1. The Morgan fingerprint density at radius 2 is 2.14 bits per heavy atom. The molecule has 2 aliphatic carbocycles. The predicted molar refractivity (Wildman–Crippen MR) is 83.7 cm³/mol. The number of nitrogens with one attached hydrogen (secondary N) is 1. The van der Waals surface area contributed by atoms with Crippen molar-refractivity contribution in [1.29, 1.82) is 0 Å². The zero-order chi connectivity index (χ0) is 15.1. The van der Waals surface area contributed by atoms with Gasteiger partial charge in [-0.25, -0.2) is 0 Å². The molecule has 2 bridgehead atoms. The van der Waals surface area contributed by atoms with Gasteiger partial charge in [-0.3, -0.25) is 9.48 Å². The molecule has 1 N–H and O–H groups in total. The van der Waals surface area contributed by atoms with Crippen molar-refractivity contribution in [2.45, 2.75) is 12.8 Å². The summed E-state index contributed by atoms with van der Waals surface area (Å²) < 4.78 is 3.65. The van der Waals surface area contributed by atoms with E-state index in [1.807, 2.05) is 36.1 Å². The van der Waals surface area contributed by atoms with Crippen LogP contribution in [0.3, 0.4) is 0 Å². The lowest BCUT2D eigenvalue weighted by Gasteiger charge is -2.18. The van der Waals surface area contributed by atoms with Crippen LogP contribution < -0.4 is 5.32 Å². The van der Waals surface area contributed by atoms with Crippen LogP contribution in [0.5, 0.6) is 0 Å². The highest BCUT2D eigenvalue weighted by Gasteiger charge is 2.35. The third kappa shape index (κ3) is 2.17. The number of allylic oxidation sites excluding steroid dienone is 2. The van der Waals surface area contributed by atoms with Crippen molar-refractivity contribution in [3.05, 3.63) is 48.4 Å². The highest BCUT2D eigenvalue weighted by atomic mass is 16.1. The zero-order valence-electron chi connectivity index (χ0n) is 12.6.